The van der Waals surface area contributed by atoms with Crippen molar-refractivity contribution in [3.8, 4) is 5.88 Å². The first-order valence-electron chi connectivity index (χ1n) is 6.98. The van der Waals surface area contributed by atoms with E-state index in [1.165, 1.54) is 19.3 Å². The SMILES string of the molecule is CCCOc1cc(NCC2CCCC2C)ncn1. The van der Waals surface area contributed by atoms with Gasteiger partial charge >= 0.3 is 0 Å². The van der Waals surface area contributed by atoms with E-state index in [-0.39, 0.29) is 0 Å². The van der Waals surface area contributed by atoms with Crippen molar-refractivity contribution in [1.82, 2.24) is 9.97 Å². The van der Waals surface area contributed by atoms with Crippen molar-refractivity contribution in [2.45, 2.75) is 39.5 Å². The lowest BCUT2D eigenvalue weighted by molar-refractivity contribution is 0.305. The fraction of sp³-hybridized carbons (Fsp3) is 0.714. The first kappa shape index (κ1) is 13.1. The van der Waals surface area contributed by atoms with Gasteiger partial charge in [0, 0.05) is 12.6 Å². The Morgan fingerprint density at radius 1 is 1.39 bits per heavy atom. The van der Waals surface area contributed by atoms with Crippen LogP contribution in [0.2, 0.25) is 0 Å². The van der Waals surface area contributed by atoms with Crippen LogP contribution >= 0.6 is 0 Å². The molecule has 18 heavy (non-hydrogen) atoms. The molecule has 1 aromatic heterocycles. The number of ether oxygens (including phenoxy) is 1. The third-order valence-corrected chi connectivity index (χ3v) is 3.68. The Balaban J connectivity index is 1.84. The first-order valence-corrected chi connectivity index (χ1v) is 6.98. The number of aromatic nitrogens is 2. The molecule has 4 nitrogen and oxygen atoms in total. The molecule has 0 aromatic carbocycles. The first-order chi connectivity index (χ1) is 8.79. The largest absolute Gasteiger partial charge is 0.478 e. The van der Waals surface area contributed by atoms with Crippen molar-refractivity contribution in [1.29, 1.82) is 0 Å². The van der Waals surface area contributed by atoms with Crippen molar-refractivity contribution in [2.24, 2.45) is 11.8 Å². The second kappa shape index (κ2) is 6.57. The zero-order chi connectivity index (χ0) is 12.8. The minimum absolute atomic E-state index is 0.661. The summed E-state index contributed by atoms with van der Waals surface area (Å²) in [5, 5.41) is 3.40. The molecule has 2 rings (SSSR count). The highest BCUT2D eigenvalue weighted by Gasteiger charge is 2.22. The summed E-state index contributed by atoms with van der Waals surface area (Å²) in [6.07, 6.45) is 6.61. The van der Waals surface area contributed by atoms with Crippen LogP contribution in [0.1, 0.15) is 39.5 Å². The van der Waals surface area contributed by atoms with Gasteiger partial charge in [0.15, 0.2) is 0 Å². The van der Waals surface area contributed by atoms with Gasteiger partial charge in [-0.25, -0.2) is 9.97 Å². The fourth-order valence-corrected chi connectivity index (χ4v) is 2.48. The molecule has 1 aliphatic carbocycles. The van der Waals surface area contributed by atoms with Crippen LogP contribution in [0.3, 0.4) is 0 Å². The van der Waals surface area contributed by atoms with Gasteiger partial charge in [-0.05, 0) is 24.7 Å². The van der Waals surface area contributed by atoms with Gasteiger partial charge in [0.25, 0.3) is 0 Å². The Kier molecular flexibility index (Phi) is 4.79. The number of nitrogens with zero attached hydrogens (tertiary/aromatic N) is 2. The fourth-order valence-electron chi connectivity index (χ4n) is 2.48. The zero-order valence-corrected chi connectivity index (χ0v) is 11.4. The van der Waals surface area contributed by atoms with E-state index in [1.807, 2.05) is 6.07 Å². The van der Waals surface area contributed by atoms with Crippen molar-refractivity contribution in [2.75, 3.05) is 18.5 Å². The van der Waals surface area contributed by atoms with E-state index in [9.17, 15) is 0 Å². The molecule has 1 aromatic rings. The van der Waals surface area contributed by atoms with Crippen LogP contribution in [0, 0.1) is 11.8 Å². The topological polar surface area (TPSA) is 47.0 Å². The van der Waals surface area contributed by atoms with Gasteiger partial charge in [-0.2, -0.15) is 0 Å². The van der Waals surface area contributed by atoms with Crippen LogP contribution in [0.4, 0.5) is 5.82 Å². The summed E-state index contributed by atoms with van der Waals surface area (Å²) in [6.45, 7) is 6.14. The minimum atomic E-state index is 0.661. The van der Waals surface area contributed by atoms with Gasteiger partial charge in [0.2, 0.25) is 5.88 Å². The highest BCUT2D eigenvalue weighted by molar-refractivity contribution is 5.37. The molecule has 0 saturated heterocycles. The van der Waals surface area contributed by atoms with Crippen LogP contribution in [0.25, 0.3) is 0 Å². The van der Waals surface area contributed by atoms with E-state index in [4.69, 9.17) is 4.74 Å². The Morgan fingerprint density at radius 2 is 2.28 bits per heavy atom. The van der Waals surface area contributed by atoms with Gasteiger partial charge in [0.1, 0.15) is 12.1 Å². The summed E-state index contributed by atoms with van der Waals surface area (Å²) in [6, 6.07) is 1.88. The summed E-state index contributed by atoms with van der Waals surface area (Å²) < 4.78 is 5.50. The van der Waals surface area contributed by atoms with E-state index in [0.29, 0.717) is 12.5 Å². The number of hydrogen-bond acceptors (Lipinski definition) is 4. The second-order valence-electron chi connectivity index (χ2n) is 5.14. The average molecular weight is 249 g/mol. The molecular formula is C14H23N3O. The molecule has 2 unspecified atom stereocenters. The van der Waals surface area contributed by atoms with E-state index >= 15 is 0 Å². The lowest BCUT2D eigenvalue weighted by Gasteiger charge is -2.16. The Bertz CT molecular complexity index is 370. The highest BCUT2D eigenvalue weighted by Crippen LogP contribution is 2.31. The third-order valence-electron chi connectivity index (χ3n) is 3.68. The second-order valence-corrected chi connectivity index (χ2v) is 5.14. The molecule has 0 aliphatic heterocycles. The molecule has 1 fully saturated rings. The predicted octanol–water partition coefficient (Wildman–Crippen LogP) is 3.11. The van der Waals surface area contributed by atoms with E-state index < -0.39 is 0 Å². The zero-order valence-electron chi connectivity index (χ0n) is 11.4. The van der Waals surface area contributed by atoms with Crippen LogP contribution in [0.5, 0.6) is 5.88 Å². The van der Waals surface area contributed by atoms with E-state index in [1.54, 1.807) is 6.33 Å². The Hall–Kier alpha value is -1.32. The monoisotopic (exact) mass is 249 g/mol. The molecule has 0 radical (unpaired) electrons. The number of anilines is 1. The number of hydrogen-bond donors (Lipinski definition) is 1. The average Bonchev–Trinajstić information content (AvgIpc) is 2.80. The smallest absolute Gasteiger partial charge is 0.218 e. The van der Waals surface area contributed by atoms with E-state index in [2.05, 4.69) is 29.1 Å². The van der Waals surface area contributed by atoms with E-state index in [0.717, 1.165) is 30.6 Å². The maximum absolute atomic E-state index is 5.50. The van der Waals surface area contributed by atoms with Crippen LogP contribution in [-0.4, -0.2) is 23.1 Å². The van der Waals surface area contributed by atoms with Crippen molar-refractivity contribution in [3.05, 3.63) is 12.4 Å². The maximum Gasteiger partial charge on any atom is 0.218 e. The molecule has 1 N–H and O–H groups in total. The lowest BCUT2D eigenvalue weighted by Crippen LogP contribution is -2.17. The van der Waals surface area contributed by atoms with Crippen LogP contribution in [-0.2, 0) is 0 Å². The third kappa shape index (κ3) is 3.59. The summed E-state index contributed by atoms with van der Waals surface area (Å²) in [7, 11) is 0. The highest BCUT2D eigenvalue weighted by atomic mass is 16.5. The van der Waals surface area contributed by atoms with Crippen molar-refractivity contribution >= 4 is 5.82 Å². The quantitative estimate of drug-likeness (QED) is 0.841. The maximum atomic E-state index is 5.50. The molecule has 0 spiro atoms. The van der Waals surface area contributed by atoms with Crippen molar-refractivity contribution < 1.29 is 4.74 Å². The lowest BCUT2D eigenvalue weighted by atomic mass is 9.98. The molecule has 100 valence electrons. The molecule has 1 heterocycles. The van der Waals surface area contributed by atoms with Gasteiger partial charge in [-0.3, -0.25) is 0 Å². The van der Waals surface area contributed by atoms with Crippen molar-refractivity contribution in [3.63, 3.8) is 0 Å². The van der Waals surface area contributed by atoms with Gasteiger partial charge in [-0.1, -0.05) is 26.7 Å². The van der Waals surface area contributed by atoms with Gasteiger partial charge in [-0.15, -0.1) is 0 Å². The summed E-state index contributed by atoms with van der Waals surface area (Å²) in [5.41, 5.74) is 0. The number of nitrogens with one attached hydrogen (secondary N) is 1. The molecule has 4 heteroatoms. The minimum Gasteiger partial charge on any atom is -0.478 e. The summed E-state index contributed by atoms with van der Waals surface area (Å²) in [4.78, 5) is 8.33. The molecule has 1 aliphatic rings. The van der Waals surface area contributed by atoms with Gasteiger partial charge < -0.3 is 10.1 Å². The van der Waals surface area contributed by atoms with Crippen LogP contribution in [0.15, 0.2) is 12.4 Å². The Labute approximate surface area is 109 Å². The standard InChI is InChI=1S/C14H23N3O/c1-3-7-18-14-8-13(16-10-17-14)15-9-12-6-4-5-11(12)2/h8,10-12H,3-7,9H2,1-2H3,(H,15,16,17). The Morgan fingerprint density at radius 3 is 3.00 bits per heavy atom. The molecule has 0 amide bonds. The summed E-state index contributed by atoms with van der Waals surface area (Å²) in [5.74, 6) is 3.14. The van der Waals surface area contributed by atoms with Gasteiger partial charge in [0.05, 0.1) is 6.61 Å². The molecular weight excluding hydrogens is 226 g/mol. The molecule has 1 saturated carbocycles. The molecule has 0 bridgehead atoms. The summed E-state index contributed by atoms with van der Waals surface area (Å²) >= 11 is 0. The number of rotatable bonds is 6. The predicted molar refractivity (Wildman–Crippen MR) is 72.8 cm³/mol. The van der Waals surface area contributed by atoms with Crippen LogP contribution < -0.4 is 10.1 Å². The molecule has 2 atom stereocenters. The normalized spacial score (nSPS) is 23.0.